The summed E-state index contributed by atoms with van der Waals surface area (Å²) in [7, 11) is 0. The molecule has 2 bridgehead atoms. The summed E-state index contributed by atoms with van der Waals surface area (Å²) in [5, 5.41) is 10.5. The number of rotatable bonds is 7. The van der Waals surface area contributed by atoms with Crippen LogP contribution in [-0.2, 0) is 14.3 Å². The van der Waals surface area contributed by atoms with Crippen molar-refractivity contribution in [3.63, 3.8) is 0 Å². The summed E-state index contributed by atoms with van der Waals surface area (Å²) in [4.78, 5) is 14.1. The third kappa shape index (κ3) is 3.95. The average Bonchev–Trinajstić information content (AvgIpc) is 3.06. The smallest absolute Gasteiger partial charge is 0.309 e. The van der Waals surface area contributed by atoms with Gasteiger partial charge in [-0.25, -0.2) is 0 Å². The monoisotopic (exact) mass is 367 g/mol. The topological polar surface area (TPSA) is 59.0 Å². The minimum Gasteiger partial charge on any atom is -0.466 e. The average molecular weight is 368 g/mol. The number of fused-ring (bicyclic) bond motifs is 2. The molecule has 3 rings (SSSR count). The Morgan fingerprint density at radius 1 is 1.23 bits per heavy atom. The van der Waals surface area contributed by atoms with Gasteiger partial charge in [0.2, 0.25) is 0 Å². The fourth-order valence-corrected chi connectivity index (χ4v) is 5.84. The van der Waals surface area contributed by atoms with Crippen molar-refractivity contribution >= 4 is 5.97 Å². The molecule has 1 N–H and O–H groups in total. The number of β-amino-alcohol motifs (C(OH)–C–C–N with tert-alkyl or cyclic N) is 1. The highest BCUT2D eigenvalue weighted by Crippen LogP contribution is 2.63. The third-order valence-corrected chi connectivity index (χ3v) is 7.27. The van der Waals surface area contributed by atoms with Crippen molar-refractivity contribution < 1.29 is 19.4 Å². The molecule has 0 aromatic carbocycles. The lowest BCUT2D eigenvalue weighted by atomic mass is 9.70. The highest BCUT2D eigenvalue weighted by atomic mass is 16.5. The van der Waals surface area contributed by atoms with E-state index in [1.54, 1.807) is 0 Å². The van der Waals surface area contributed by atoms with Crippen molar-refractivity contribution in [2.75, 3.05) is 32.8 Å². The van der Waals surface area contributed by atoms with Crippen molar-refractivity contribution in [3.8, 4) is 0 Å². The molecule has 0 aromatic heterocycles. The van der Waals surface area contributed by atoms with E-state index >= 15 is 0 Å². The molecule has 1 heterocycles. The number of esters is 1. The molecule has 2 saturated carbocycles. The third-order valence-electron chi connectivity index (χ3n) is 7.27. The number of ether oxygens (including phenoxy) is 2. The van der Waals surface area contributed by atoms with E-state index in [2.05, 4.69) is 25.7 Å². The Labute approximate surface area is 158 Å². The summed E-state index contributed by atoms with van der Waals surface area (Å²) in [5.74, 6) is 0.716. The normalized spacial score (nSPS) is 35.6. The molecule has 5 heteroatoms. The van der Waals surface area contributed by atoms with E-state index in [0.717, 1.165) is 31.8 Å². The van der Waals surface area contributed by atoms with Gasteiger partial charge < -0.3 is 19.5 Å². The summed E-state index contributed by atoms with van der Waals surface area (Å²) in [6, 6.07) is 0. The molecular formula is C21H37NO4. The number of hydrogen-bond donors (Lipinski definition) is 1. The van der Waals surface area contributed by atoms with Gasteiger partial charge in [0, 0.05) is 6.54 Å². The minimum atomic E-state index is -0.465. The first-order valence-electron chi connectivity index (χ1n) is 10.4. The fourth-order valence-electron chi connectivity index (χ4n) is 5.84. The highest BCUT2D eigenvalue weighted by Gasteiger charge is 2.60. The number of carbonyl (C=O) groups is 1. The van der Waals surface area contributed by atoms with Crippen molar-refractivity contribution in [1.82, 2.24) is 4.90 Å². The first-order chi connectivity index (χ1) is 12.3. The van der Waals surface area contributed by atoms with Gasteiger partial charge in [0.15, 0.2) is 0 Å². The summed E-state index contributed by atoms with van der Waals surface area (Å²) in [5.41, 5.74) is 0.497. The number of aliphatic hydroxyl groups excluding tert-OH is 1. The van der Waals surface area contributed by atoms with Crippen LogP contribution in [0.1, 0.15) is 59.8 Å². The van der Waals surface area contributed by atoms with Gasteiger partial charge in [0.1, 0.15) is 0 Å². The minimum absolute atomic E-state index is 0.0226. The van der Waals surface area contributed by atoms with Crippen LogP contribution >= 0.6 is 0 Å². The first-order valence-corrected chi connectivity index (χ1v) is 10.4. The number of carbonyl (C=O) groups excluding carboxylic acids is 1. The molecule has 4 atom stereocenters. The summed E-state index contributed by atoms with van der Waals surface area (Å²) in [6.07, 6.45) is 5.27. The molecule has 2 aliphatic carbocycles. The van der Waals surface area contributed by atoms with Gasteiger partial charge in [-0.3, -0.25) is 4.79 Å². The Kier molecular flexibility index (Phi) is 6.00. The Morgan fingerprint density at radius 3 is 2.50 bits per heavy atom. The number of aliphatic hydroxyl groups is 1. The van der Waals surface area contributed by atoms with Crippen LogP contribution in [0, 0.1) is 22.7 Å². The Morgan fingerprint density at radius 2 is 1.92 bits per heavy atom. The van der Waals surface area contributed by atoms with Crippen LogP contribution in [0.4, 0.5) is 0 Å². The molecule has 0 spiro atoms. The summed E-state index contributed by atoms with van der Waals surface area (Å²) in [6.45, 7) is 12.0. The van der Waals surface area contributed by atoms with Crippen LogP contribution in [-0.4, -0.2) is 61.0 Å². The fraction of sp³-hybridized carbons (Fsp3) is 0.952. The van der Waals surface area contributed by atoms with E-state index < -0.39 is 6.10 Å². The number of nitrogens with zero attached hydrogens (tertiary/aromatic N) is 1. The number of hydrogen-bond acceptors (Lipinski definition) is 5. The molecule has 26 heavy (non-hydrogen) atoms. The van der Waals surface area contributed by atoms with E-state index in [-0.39, 0.29) is 28.8 Å². The molecule has 1 saturated heterocycles. The van der Waals surface area contributed by atoms with Crippen LogP contribution < -0.4 is 0 Å². The Bertz CT molecular complexity index is 495. The van der Waals surface area contributed by atoms with E-state index in [1.807, 2.05) is 6.92 Å². The molecule has 0 aromatic rings. The zero-order valence-corrected chi connectivity index (χ0v) is 17.0. The van der Waals surface area contributed by atoms with Crippen LogP contribution in [0.5, 0.6) is 0 Å². The predicted molar refractivity (Wildman–Crippen MR) is 101 cm³/mol. The SMILES string of the molecule is CCOC(=O)C1CCN(CC(O)COC2C(C)(C)C3CC[C@]2(C)C3)CC1. The molecule has 3 aliphatic rings. The van der Waals surface area contributed by atoms with Gasteiger partial charge in [-0.05, 0) is 68.9 Å². The van der Waals surface area contributed by atoms with E-state index in [0.29, 0.717) is 19.8 Å². The van der Waals surface area contributed by atoms with E-state index in [1.165, 1.54) is 19.3 Å². The maximum Gasteiger partial charge on any atom is 0.309 e. The zero-order chi connectivity index (χ0) is 18.9. The summed E-state index contributed by atoms with van der Waals surface area (Å²) >= 11 is 0. The molecule has 0 radical (unpaired) electrons. The Balaban J connectivity index is 1.41. The number of piperidine rings is 1. The van der Waals surface area contributed by atoms with Crippen LogP contribution in [0.15, 0.2) is 0 Å². The zero-order valence-electron chi connectivity index (χ0n) is 17.0. The maximum absolute atomic E-state index is 11.8. The second-order valence-electron chi connectivity index (χ2n) is 9.61. The van der Waals surface area contributed by atoms with Gasteiger partial charge in [-0.1, -0.05) is 20.8 Å². The van der Waals surface area contributed by atoms with Crippen molar-refractivity contribution in [3.05, 3.63) is 0 Å². The lowest BCUT2D eigenvalue weighted by Gasteiger charge is -2.42. The van der Waals surface area contributed by atoms with Crippen LogP contribution in [0.25, 0.3) is 0 Å². The maximum atomic E-state index is 11.8. The molecule has 1 aliphatic heterocycles. The van der Waals surface area contributed by atoms with Gasteiger partial charge in [0.25, 0.3) is 0 Å². The van der Waals surface area contributed by atoms with Gasteiger partial charge in [-0.15, -0.1) is 0 Å². The van der Waals surface area contributed by atoms with Crippen LogP contribution in [0.2, 0.25) is 0 Å². The first kappa shape index (κ1) is 20.1. The Hall–Kier alpha value is -0.650. The van der Waals surface area contributed by atoms with Crippen molar-refractivity contribution in [1.29, 1.82) is 0 Å². The van der Waals surface area contributed by atoms with Crippen LogP contribution in [0.3, 0.4) is 0 Å². The summed E-state index contributed by atoms with van der Waals surface area (Å²) < 4.78 is 11.4. The molecule has 150 valence electrons. The molecular weight excluding hydrogens is 330 g/mol. The van der Waals surface area contributed by atoms with Gasteiger partial charge in [-0.2, -0.15) is 0 Å². The molecule has 3 fully saturated rings. The second kappa shape index (κ2) is 7.76. The largest absolute Gasteiger partial charge is 0.466 e. The highest BCUT2D eigenvalue weighted by molar-refractivity contribution is 5.72. The molecule has 0 amide bonds. The van der Waals surface area contributed by atoms with E-state index in [4.69, 9.17) is 9.47 Å². The lowest BCUT2D eigenvalue weighted by Crippen LogP contribution is -2.46. The molecule has 5 nitrogen and oxygen atoms in total. The van der Waals surface area contributed by atoms with Crippen molar-refractivity contribution in [2.24, 2.45) is 22.7 Å². The van der Waals surface area contributed by atoms with Gasteiger partial charge >= 0.3 is 5.97 Å². The predicted octanol–water partition coefficient (Wildman–Crippen LogP) is 2.85. The standard InChI is InChI=1S/C21H37NO4/c1-5-25-18(24)15-7-10-22(11-8-15)13-17(23)14-26-19-20(2,3)16-6-9-21(19,4)12-16/h15-17,19,23H,5-14H2,1-4H3/t16?,17?,19?,21-/m1/s1. The molecule has 3 unspecified atom stereocenters. The number of likely N-dealkylation sites (tertiary alicyclic amines) is 1. The van der Waals surface area contributed by atoms with E-state index in [9.17, 15) is 9.90 Å². The van der Waals surface area contributed by atoms with Gasteiger partial charge in [0.05, 0.1) is 31.3 Å². The second-order valence-corrected chi connectivity index (χ2v) is 9.61. The lowest BCUT2D eigenvalue weighted by molar-refractivity contribution is -0.149. The van der Waals surface area contributed by atoms with Crippen molar-refractivity contribution in [2.45, 2.75) is 72.0 Å². The quantitative estimate of drug-likeness (QED) is 0.701.